The Bertz CT molecular complexity index is 401. The van der Waals surface area contributed by atoms with Gasteiger partial charge in [0.2, 0.25) is 0 Å². The summed E-state index contributed by atoms with van der Waals surface area (Å²) in [5.74, 6) is 0. The zero-order valence-corrected chi connectivity index (χ0v) is 16.0. The highest BCUT2D eigenvalue weighted by Crippen LogP contribution is 2.24. The minimum atomic E-state index is -0.518. The topological polar surface area (TPSA) is 53.4 Å². The van der Waals surface area contributed by atoms with Crippen molar-refractivity contribution in [3.05, 3.63) is 24.8 Å². The number of rotatable bonds is 12. The van der Waals surface area contributed by atoms with E-state index in [-0.39, 0.29) is 13.2 Å². The molecule has 0 fully saturated rings. The third-order valence-electron chi connectivity index (χ3n) is 5.05. The number of aliphatic hydroxyl groups is 2. The Hall–Kier alpha value is -1.40. The zero-order valence-electron chi connectivity index (χ0n) is 16.0. The summed E-state index contributed by atoms with van der Waals surface area (Å²) >= 11 is 0. The van der Waals surface area contributed by atoms with E-state index in [1.54, 1.807) is 0 Å². The van der Waals surface area contributed by atoms with Gasteiger partial charge in [-0.05, 0) is 12.8 Å². The summed E-state index contributed by atoms with van der Waals surface area (Å²) in [6.07, 6.45) is 13.2. The van der Waals surface area contributed by atoms with Crippen molar-refractivity contribution in [3.8, 4) is 0 Å². The van der Waals surface area contributed by atoms with Crippen LogP contribution in [0.1, 0.15) is 39.5 Å². The quantitative estimate of drug-likeness (QED) is 0.557. The van der Waals surface area contributed by atoms with Crippen molar-refractivity contribution in [3.63, 3.8) is 0 Å². The Kier molecular flexibility index (Phi) is 7.90. The molecule has 2 heterocycles. The highest BCUT2D eigenvalue weighted by molar-refractivity contribution is 4.98. The molecular formula is C19H36N4O2. The van der Waals surface area contributed by atoms with Crippen molar-refractivity contribution >= 4 is 0 Å². The van der Waals surface area contributed by atoms with Gasteiger partial charge in [0.15, 0.2) is 0 Å². The first-order chi connectivity index (χ1) is 12.1. The molecule has 0 aliphatic carbocycles. The van der Waals surface area contributed by atoms with Gasteiger partial charge in [-0.3, -0.25) is 0 Å². The third kappa shape index (κ3) is 5.82. The predicted octanol–water partition coefficient (Wildman–Crippen LogP) is 1.65. The Morgan fingerprint density at radius 2 is 1.12 bits per heavy atom. The van der Waals surface area contributed by atoms with Crippen LogP contribution in [0.4, 0.5) is 0 Å². The fraction of sp³-hybridized carbons (Fsp3) is 0.789. The van der Waals surface area contributed by atoms with Crippen LogP contribution in [0.15, 0.2) is 24.8 Å². The van der Waals surface area contributed by atoms with Crippen LogP contribution in [0.5, 0.6) is 0 Å². The maximum absolute atomic E-state index is 10.0. The molecule has 0 spiro atoms. The van der Waals surface area contributed by atoms with Crippen molar-refractivity contribution in [2.45, 2.75) is 39.5 Å². The summed E-state index contributed by atoms with van der Waals surface area (Å²) in [5, 5.41) is 20.0. The van der Waals surface area contributed by atoms with E-state index in [2.05, 4.69) is 58.2 Å². The minimum absolute atomic E-state index is 0.0118. The maximum Gasteiger partial charge on any atom is 0.0894 e. The van der Waals surface area contributed by atoms with Crippen molar-refractivity contribution < 1.29 is 10.2 Å². The highest BCUT2D eigenvalue weighted by atomic mass is 16.3. The number of nitrogens with zero attached hydrogens (tertiary/aromatic N) is 4. The normalized spacial score (nSPS) is 17.4. The van der Waals surface area contributed by atoms with Gasteiger partial charge >= 0.3 is 0 Å². The van der Waals surface area contributed by atoms with Gasteiger partial charge in [0, 0.05) is 51.0 Å². The van der Waals surface area contributed by atoms with E-state index in [1.807, 2.05) is 0 Å². The van der Waals surface area contributed by atoms with Gasteiger partial charge in [-0.1, -0.05) is 26.7 Å². The summed E-state index contributed by atoms with van der Waals surface area (Å²) in [6, 6.07) is 0. The van der Waals surface area contributed by atoms with Gasteiger partial charge in [0.1, 0.15) is 0 Å². The first kappa shape index (κ1) is 19.9. The second-order valence-electron chi connectivity index (χ2n) is 7.52. The molecule has 144 valence electrons. The monoisotopic (exact) mass is 352 g/mol. The lowest BCUT2D eigenvalue weighted by Gasteiger charge is -2.37. The zero-order chi connectivity index (χ0) is 18.1. The van der Waals surface area contributed by atoms with Gasteiger partial charge < -0.3 is 29.8 Å². The summed E-state index contributed by atoms with van der Waals surface area (Å²) < 4.78 is 0. The smallest absolute Gasteiger partial charge is 0.0894 e. The van der Waals surface area contributed by atoms with E-state index in [1.165, 1.54) is 25.7 Å². The lowest BCUT2D eigenvalue weighted by Crippen LogP contribution is -2.48. The molecule has 25 heavy (non-hydrogen) atoms. The molecule has 0 radical (unpaired) electrons. The molecule has 0 amide bonds. The first-order valence-electron chi connectivity index (χ1n) is 9.69. The molecule has 2 aliphatic heterocycles. The predicted molar refractivity (Wildman–Crippen MR) is 101 cm³/mol. The van der Waals surface area contributed by atoms with E-state index < -0.39 is 5.41 Å². The molecule has 0 saturated heterocycles. The molecule has 0 aromatic rings. The van der Waals surface area contributed by atoms with E-state index in [0.29, 0.717) is 13.1 Å². The largest absolute Gasteiger partial charge is 0.396 e. The summed E-state index contributed by atoms with van der Waals surface area (Å²) in [6.45, 7) is 9.54. The van der Waals surface area contributed by atoms with Crippen LogP contribution in [-0.4, -0.2) is 82.5 Å². The SMILES string of the molecule is CCCCN1C=CN(CC(CO)(CO)CN2C=CN(CCCC)C2)C1. The lowest BCUT2D eigenvalue weighted by molar-refractivity contribution is 0.00655. The molecular weight excluding hydrogens is 316 g/mol. The molecule has 0 aromatic heterocycles. The second-order valence-corrected chi connectivity index (χ2v) is 7.52. The van der Waals surface area contributed by atoms with Crippen LogP contribution in [0.3, 0.4) is 0 Å². The van der Waals surface area contributed by atoms with Crippen molar-refractivity contribution in [1.29, 1.82) is 0 Å². The van der Waals surface area contributed by atoms with E-state index in [0.717, 1.165) is 26.4 Å². The number of aliphatic hydroxyl groups excluding tert-OH is 2. The summed E-state index contributed by atoms with van der Waals surface area (Å²) in [5.41, 5.74) is -0.518. The molecule has 0 unspecified atom stereocenters. The molecule has 6 heteroatoms. The number of hydrogen-bond donors (Lipinski definition) is 2. The van der Waals surface area contributed by atoms with Crippen LogP contribution >= 0.6 is 0 Å². The van der Waals surface area contributed by atoms with E-state index in [4.69, 9.17) is 0 Å². The van der Waals surface area contributed by atoms with Crippen molar-refractivity contribution in [2.75, 3.05) is 52.7 Å². The molecule has 6 nitrogen and oxygen atoms in total. The van der Waals surface area contributed by atoms with E-state index >= 15 is 0 Å². The van der Waals surface area contributed by atoms with Crippen molar-refractivity contribution in [1.82, 2.24) is 19.6 Å². The van der Waals surface area contributed by atoms with Gasteiger partial charge in [-0.25, -0.2) is 0 Å². The van der Waals surface area contributed by atoms with Gasteiger partial charge in [0.05, 0.1) is 32.0 Å². The fourth-order valence-electron chi connectivity index (χ4n) is 3.41. The molecule has 0 saturated carbocycles. The molecule has 2 N–H and O–H groups in total. The Balaban J connectivity index is 1.85. The summed E-state index contributed by atoms with van der Waals surface area (Å²) in [7, 11) is 0. The molecule has 0 atom stereocenters. The highest BCUT2D eigenvalue weighted by Gasteiger charge is 2.34. The van der Waals surface area contributed by atoms with Crippen LogP contribution in [0.25, 0.3) is 0 Å². The Morgan fingerprint density at radius 1 is 0.720 bits per heavy atom. The molecule has 2 rings (SSSR count). The van der Waals surface area contributed by atoms with Crippen LogP contribution in [0, 0.1) is 5.41 Å². The lowest BCUT2D eigenvalue weighted by atomic mass is 9.89. The fourth-order valence-corrected chi connectivity index (χ4v) is 3.41. The minimum Gasteiger partial charge on any atom is -0.396 e. The average Bonchev–Trinajstić information content (AvgIpc) is 3.26. The third-order valence-corrected chi connectivity index (χ3v) is 5.05. The second kappa shape index (κ2) is 9.92. The number of unbranched alkanes of at least 4 members (excludes halogenated alkanes) is 2. The first-order valence-corrected chi connectivity index (χ1v) is 9.69. The summed E-state index contributed by atoms with van der Waals surface area (Å²) in [4.78, 5) is 9.00. The standard InChI is InChI=1S/C19H36N4O2/c1-3-5-7-20-9-11-22(17-20)13-19(15-24,16-25)14-23-12-10-21(18-23)8-6-4-2/h9-12,24-25H,3-8,13-18H2,1-2H3. The van der Waals surface area contributed by atoms with Crippen LogP contribution in [0.2, 0.25) is 0 Å². The van der Waals surface area contributed by atoms with Gasteiger partial charge in [-0.15, -0.1) is 0 Å². The van der Waals surface area contributed by atoms with Gasteiger partial charge in [0.25, 0.3) is 0 Å². The maximum atomic E-state index is 10.0. The van der Waals surface area contributed by atoms with Gasteiger partial charge in [-0.2, -0.15) is 0 Å². The Labute approximate surface area is 153 Å². The van der Waals surface area contributed by atoms with Crippen molar-refractivity contribution in [2.24, 2.45) is 5.41 Å². The molecule has 0 aromatic carbocycles. The van der Waals surface area contributed by atoms with Crippen LogP contribution in [-0.2, 0) is 0 Å². The van der Waals surface area contributed by atoms with Crippen LogP contribution < -0.4 is 0 Å². The molecule has 2 aliphatic rings. The molecule has 0 bridgehead atoms. The van der Waals surface area contributed by atoms with E-state index in [9.17, 15) is 10.2 Å². The Morgan fingerprint density at radius 3 is 1.48 bits per heavy atom. The number of hydrogen-bond acceptors (Lipinski definition) is 6. The average molecular weight is 353 g/mol.